The summed E-state index contributed by atoms with van der Waals surface area (Å²) in [5.41, 5.74) is 1.10. The second kappa shape index (κ2) is 6.24. The quantitative estimate of drug-likeness (QED) is 0.900. The van der Waals surface area contributed by atoms with Crippen LogP contribution in [0.25, 0.3) is 0 Å². The van der Waals surface area contributed by atoms with E-state index >= 15 is 0 Å². The summed E-state index contributed by atoms with van der Waals surface area (Å²) in [5, 5.41) is 13.6. The van der Waals surface area contributed by atoms with Crippen LogP contribution in [0.15, 0.2) is 24.3 Å². The minimum atomic E-state index is -0.463. The summed E-state index contributed by atoms with van der Waals surface area (Å²) in [5.74, 6) is -0.205. The summed E-state index contributed by atoms with van der Waals surface area (Å²) in [6.07, 6.45) is 2.96. The molecule has 1 heterocycles. The Balaban J connectivity index is 1.56. The second-order valence-electron chi connectivity index (χ2n) is 6.02. The number of halogens is 1. The smallest absolute Gasteiger partial charge is 0.226 e. The summed E-state index contributed by atoms with van der Waals surface area (Å²) in [7, 11) is 0. The van der Waals surface area contributed by atoms with E-state index in [1.807, 2.05) is 24.3 Å². The minimum absolute atomic E-state index is 0.0120. The van der Waals surface area contributed by atoms with Gasteiger partial charge in [0.05, 0.1) is 12.0 Å². The summed E-state index contributed by atoms with van der Waals surface area (Å²) < 4.78 is 0. The third-order valence-electron chi connectivity index (χ3n) is 4.52. The van der Waals surface area contributed by atoms with E-state index in [-0.39, 0.29) is 17.9 Å². The molecule has 0 radical (unpaired) electrons. The molecule has 21 heavy (non-hydrogen) atoms. The molecule has 1 saturated carbocycles. The molecule has 1 aliphatic heterocycles. The number of amides is 1. The highest BCUT2D eigenvalue weighted by molar-refractivity contribution is 6.30. The zero-order chi connectivity index (χ0) is 14.8. The van der Waals surface area contributed by atoms with Gasteiger partial charge >= 0.3 is 0 Å². The Bertz CT molecular complexity index is 523. The van der Waals surface area contributed by atoms with E-state index in [0.717, 1.165) is 49.5 Å². The molecule has 3 rings (SSSR count). The Morgan fingerprint density at radius 1 is 1.33 bits per heavy atom. The monoisotopic (exact) mass is 308 g/mol. The van der Waals surface area contributed by atoms with Gasteiger partial charge in [-0.15, -0.1) is 0 Å². The van der Waals surface area contributed by atoms with Gasteiger partial charge in [-0.2, -0.15) is 0 Å². The lowest BCUT2D eigenvalue weighted by molar-refractivity contribution is -0.128. The SMILES string of the molecule is O=C(NC1CCN(c2cccc(Cl)c2)C1)C1CCCC1O. The van der Waals surface area contributed by atoms with Gasteiger partial charge in [-0.05, 0) is 43.9 Å². The topological polar surface area (TPSA) is 52.6 Å². The first kappa shape index (κ1) is 14.7. The number of hydrogen-bond acceptors (Lipinski definition) is 3. The van der Waals surface area contributed by atoms with Crippen molar-refractivity contribution in [3.63, 3.8) is 0 Å². The number of anilines is 1. The molecule has 1 aromatic rings. The van der Waals surface area contributed by atoms with Gasteiger partial charge in [0.2, 0.25) is 5.91 Å². The number of aliphatic hydroxyl groups is 1. The molecule has 2 fully saturated rings. The maximum Gasteiger partial charge on any atom is 0.226 e. The van der Waals surface area contributed by atoms with Crippen LogP contribution in [0.3, 0.4) is 0 Å². The molecule has 2 aliphatic rings. The second-order valence-corrected chi connectivity index (χ2v) is 6.46. The van der Waals surface area contributed by atoms with Crippen LogP contribution >= 0.6 is 11.6 Å². The fourth-order valence-corrected chi connectivity index (χ4v) is 3.52. The lowest BCUT2D eigenvalue weighted by Crippen LogP contribution is -2.42. The van der Waals surface area contributed by atoms with Crippen molar-refractivity contribution in [1.29, 1.82) is 0 Å². The number of nitrogens with zero attached hydrogens (tertiary/aromatic N) is 1. The Kier molecular flexibility index (Phi) is 4.36. The lowest BCUT2D eigenvalue weighted by atomic mass is 10.0. The number of carbonyl (C=O) groups is 1. The molecule has 3 atom stereocenters. The zero-order valence-electron chi connectivity index (χ0n) is 12.0. The largest absolute Gasteiger partial charge is 0.392 e. The van der Waals surface area contributed by atoms with Gasteiger partial charge in [0.25, 0.3) is 0 Å². The van der Waals surface area contributed by atoms with Crippen LogP contribution in [0, 0.1) is 5.92 Å². The van der Waals surface area contributed by atoms with Crippen LogP contribution < -0.4 is 10.2 Å². The first-order valence-electron chi connectivity index (χ1n) is 7.62. The molecular weight excluding hydrogens is 288 g/mol. The molecule has 1 aromatic carbocycles. The predicted molar refractivity (Wildman–Crippen MR) is 83.6 cm³/mol. The van der Waals surface area contributed by atoms with Crippen molar-refractivity contribution in [2.75, 3.05) is 18.0 Å². The standard InChI is InChI=1S/C16H21ClN2O2/c17-11-3-1-4-13(9-11)19-8-7-12(10-19)18-16(21)14-5-2-6-15(14)20/h1,3-4,9,12,14-15,20H,2,5-8,10H2,(H,18,21). The van der Waals surface area contributed by atoms with Crippen LogP contribution in [0.4, 0.5) is 5.69 Å². The maximum absolute atomic E-state index is 12.2. The van der Waals surface area contributed by atoms with Crippen LogP contribution in [-0.2, 0) is 4.79 Å². The number of hydrogen-bond donors (Lipinski definition) is 2. The van der Waals surface area contributed by atoms with Crippen molar-refractivity contribution in [3.8, 4) is 0 Å². The van der Waals surface area contributed by atoms with E-state index in [1.54, 1.807) is 0 Å². The summed E-state index contributed by atoms with van der Waals surface area (Å²) in [6, 6.07) is 7.95. The molecule has 0 spiro atoms. The molecule has 114 valence electrons. The molecule has 2 N–H and O–H groups in total. The van der Waals surface area contributed by atoms with Crippen molar-refractivity contribution in [1.82, 2.24) is 5.32 Å². The summed E-state index contributed by atoms with van der Waals surface area (Å²) >= 11 is 6.02. The number of nitrogens with one attached hydrogen (secondary N) is 1. The van der Waals surface area contributed by atoms with E-state index in [9.17, 15) is 9.90 Å². The maximum atomic E-state index is 12.2. The Labute approximate surface area is 130 Å². The normalized spacial score (nSPS) is 28.9. The van der Waals surface area contributed by atoms with Gasteiger partial charge in [-0.25, -0.2) is 0 Å². The average molecular weight is 309 g/mol. The highest BCUT2D eigenvalue weighted by atomic mass is 35.5. The number of rotatable bonds is 3. The predicted octanol–water partition coefficient (Wildman–Crippen LogP) is 2.20. The fourth-order valence-electron chi connectivity index (χ4n) is 3.34. The van der Waals surface area contributed by atoms with Crippen LogP contribution in [-0.4, -0.2) is 36.2 Å². The van der Waals surface area contributed by atoms with Crippen molar-refractivity contribution in [3.05, 3.63) is 29.3 Å². The van der Waals surface area contributed by atoms with Crippen LogP contribution in [0.5, 0.6) is 0 Å². The summed E-state index contributed by atoms with van der Waals surface area (Å²) in [4.78, 5) is 14.4. The first-order chi connectivity index (χ1) is 10.1. The lowest BCUT2D eigenvalue weighted by Gasteiger charge is -2.21. The van der Waals surface area contributed by atoms with Gasteiger partial charge in [-0.1, -0.05) is 17.7 Å². The molecule has 0 bridgehead atoms. The Hall–Kier alpha value is -1.26. The highest BCUT2D eigenvalue weighted by Crippen LogP contribution is 2.27. The van der Waals surface area contributed by atoms with Gasteiger partial charge in [-0.3, -0.25) is 4.79 Å². The van der Waals surface area contributed by atoms with Crippen LogP contribution in [0.1, 0.15) is 25.7 Å². The van der Waals surface area contributed by atoms with Crippen molar-refractivity contribution in [2.45, 2.75) is 37.8 Å². The highest BCUT2D eigenvalue weighted by Gasteiger charge is 2.33. The van der Waals surface area contributed by atoms with Gasteiger partial charge < -0.3 is 15.3 Å². The van der Waals surface area contributed by atoms with Crippen molar-refractivity contribution >= 4 is 23.2 Å². The van der Waals surface area contributed by atoms with E-state index in [4.69, 9.17) is 11.6 Å². The molecular formula is C16H21ClN2O2. The third kappa shape index (κ3) is 3.33. The minimum Gasteiger partial charge on any atom is -0.392 e. The van der Waals surface area contributed by atoms with E-state index in [0.29, 0.717) is 0 Å². The molecule has 1 aliphatic carbocycles. The Morgan fingerprint density at radius 3 is 2.90 bits per heavy atom. The molecule has 4 nitrogen and oxygen atoms in total. The molecule has 5 heteroatoms. The van der Waals surface area contributed by atoms with Crippen molar-refractivity contribution < 1.29 is 9.90 Å². The number of aliphatic hydroxyl groups excluding tert-OH is 1. The summed E-state index contributed by atoms with van der Waals surface area (Å²) in [6.45, 7) is 1.72. The van der Waals surface area contributed by atoms with Gasteiger partial charge in [0.1, 0.15) is 0 Å². The molecule has 3 unspecified atom stereocenters. The van der Waals surface area contributed by atoms with E-state index < -0.39 is 6.10 Å². The van der Waals surface area contributed by atoms with Gasteiger partial charge in [0, 0.05) is 29.8 Å². The van der Waals surface area contributed by atoms with E-state index in [2.05, 4.69) is 10.2 Å². The van der Waals surface area contributed by atoms with Crippen LogP contribution in [0.2, 0.25) is 5.02 Å². The third-order valence-corrected chi connectivity index (χ3v) is 4.76. The molecule has 0 aromatic heterocycles. The molecule has 1 amide bonds. The van der Waals surface area contributed by atoms with Crippen molar-refractivity contribution in [2.24, 2.45) is 5.92 Å². The van der Waals surface area contributed by atoms with E-state index in [1.165, 1.54) is 0 Å². The average Bonchev–Trinajstić information content (AvgIpc) is 3.08. The zero-order valence-corrected chi connectivity index (χ0v) is 12.7. The number of carbonyl (C=O) groups excluding carboxylic acids is 1. The van der Waals surface area contributed by atoms with Gasteiger partial charge in [0.15, 0.2) is 0 Å². The first-order valence-corrected chi connectivity index (χ1v) is 8.00. The molecule has 1 saturated heterocycles. The Morgan fingerprint density at radius 2 is 2.19 bits per heavy atom. The number of benzene rings is 1. The fraction of sp³-hybridized carbons (Fsp3) is 0.562.